The second kappa shape index (κ2) is 5.81. The Bertz CT molecular complexity index is 634. The van der Waals surface area contributed by atoms with Gasteiger partial charge in [0.1, 0.15) is 4.88 Å². The lowest BCUT2D eigenvalue weighted by Crippen LogP contribution is -2.41. The molecule has 1 heterocycles. The van der Waals surface area contributed by atoms with Crippen molar-refractivity contribution in [2.75, 3.05) is 12.3 Å². The molecule has 0 unspecified atom stereocenters. The van der Waals surface area contributed by atoms with Gasteiger partial charge in [-0.3, -0.25) is 4.79 Å². The number of aryl methyl sites for hydroxylation is 1. The molecule has 1 aromatic heterocycles. The highest BCUT2D eigenvalue weighted by atomic mass is 32.1. The zero-order valence-electron chi connectivity index (χ0n) is 11.9. The van der Waals surface area contributed by atoms with Gasteiger partial charge in [0.25, 0.3) is 5.91 Å². The van der Waals surface area contributed by atoms with Crippen molar-refractivity contribution >= 4 is 33.0 Å². The van der Waals surface area contributed by atoms with E-state index in [1.165, 1.54) is 11.3 Å². The van der Waals surface area contributed by atoms with Crippen LogP contribution in [0.5, 0.6) is 0 Å². The lowest BCUT2D eigenvalue weighted by atomic mass is 10.1. The summed E-state index contributed by atoms with van der Waals surface area (Å²) in [6.45, 7) is 5.85. The third-order valence-electron chi connectivity index (χ3n) is 3.41. The number of aliphatic hydroxyl groups is 1. The predicted molar refractivity (Wildman–Crippen MR) is 84.2 cm³/mol. The summed E-state index contributed by atoms with van der Waals surface area (Å²) in [7, 11) is 0. The van der Waals surface area contributed by atoms with Gasteiger partial charge in [-0.05, 0) is 24.5 Å². The number of benzene rings is 1. The van der Waals surface area contributed by atoms with Gasteiger partial charge in [0.2, 0.25) is 0 Å². The molecule has 5 heteroatoms. The average molecular weight is 292 g/mol. The molecule has 0 fully saturated rings. The van der Waals surface area contributed by atoms with Crippen LogP contribution in [0.25, 0.3) is 10.1 Å². The molecule has 0 saturated carbocycles. The van der Waals surface area contributed by atoms with Crippen molar-refractivity contribution < 1.29 is 9.90 Å². The number of fused-ring (bicyclic) bond motifs is 1. The molecule has 1 amide bonds. The van der Waals surface area contributed by atoms with Gasteiger partial charge in [0, 0.05) is 10.1 Å². The highest BCUT2D eigenvalue weighted by Crippen LogP contribution is 2.34. The number of hydrogen-bond acceptors (Lipinski definition) is 4. The number of carbonyl (C=O) groups excluding carboxylic acids is 1. The number of anilines is 1. The van der Waals surface area contributed by atoms with Crippen LogP contribution in [0.15, 0.2) is 18.2 Å². The molecule has 2 aromatic rings. The zero-order valence-corrected chi connectivity index (χ0v) is 12.8. The van der Waals surface area contributed by atoms with Crippen molar-refractivity contribution in [1.29, 1.82) is 0 Å². The highest BCUT2D eigenvalue weighted by molar-refractivity contribution is 7.21. The van der Waals surface area contributed by atoms with E-state index in [9.17, 15) is 9.90 Å². The minimum atomic E-state index is -0.256. The molecular weight excluding hydrogens is 272 g/mol. The summed E-state index contributed by atoms with van der Waals surface area (Å²) in [6.07, 6.45) is 0. The maximum Gasteiger partial charge on any atom is 0.263 e. The molecule has 1 aromatic carbocycles. The molecule has 0 aliphatic rings. The van der Waals surface area contributed by atoms with Gasteiger partial charge < -0.3 is 16.2 Å². The summed E-state index contributed by atoms with van der Waals surface area (Å²) in [5, 5.41) is 13.0. The summed E-state index contributed by atoms with van der Waals surface area (Å²) >= 11 is 1.39. The Hall–Kier alpha value is -1.59. The van der Waals surface area contributed by atoms with Gasteiger partial charge in [-0.1, -0.05) is 26.0 Å². The Balaban J connectivity index is 2.33. The third kappa shape index (κ3) is 2.78. The van der Waals surface area contributed by atoms with Gasteiger partial charge in [0.15, 0.2) is 0 Å². The van der Waals surface area contributed by atoms with Crippen LogP contribution in [0.1, 0.15) is 29.1 Å². The number of nitrogens with one attached hydrogen (secondary N) is 1. The molecule has 0 radical (unpaired) electrons. The first kappa shape index (κ1) is 14.8. The first-order valence-corrected chi connectivity index (χ1v) is 7.46. The van der Waals surface area contributed by atoms with Crippen LogP contribution in [0.2, 0.25) is 0 Å². The Morgan fingerprint density at radius 2 is 2.15 bits per heavy atom. The summed E-state index contributed by atoms with van der Waals surface area (Å²) in [6, 6.07) is 5.70. The zero-order chi connectivity index (χ0) is 14.9. The topological polar surface area (TPSA) is 75.4 Å². The van der Waals surface area contributed by atoms with Crippen LogP contribution in [0, 0.1) is 12.8 Å². The van der Waals surface area contributed by atoms with Crippen molar-refractivity contribution in [3.63, 3.8) is 0 Å². The first-order chi connectivity index (χ1) is 9.43. The smallest absolute Gasteiger partial charge is 0.263 e. The van der Waals surface area contributed by atoms with Gasteiger partial charge in [-0.15, -0.1) is 11.3 Å². The van der Waals surface area contributed by atoms with Gasteiger partial charge in [-0.25, -0.2) is 0 Å². The van der Waals surface area contributed by atoms with E-state index in [-0.39, 0.29) is 24.5 Å². The second-order valence-corrected chi connectivity index (χ2v) is 6.40. The van der Waals surface area contributed by atoms with E-state index < -0.39 is 0 Å². The molecule has 0 bridgehead atoms. The van der Waals surface area contributed by atoms with Crippen LogP contribution in [-0.2, 0) is 0 Å². The van der Waals surface area contributed by atoms with E-state index in [2.05, 4.69) is 5.32 Å². The third-order valence-corrected chi connectivity index (χ3v) is 4.58. The second-order valence-electron chi connectivity index (χ2n) is 5.35. The number of amides is 1. The fourth-order valence-electron chi connectivity index (χ4n) is 2.05. The Labute approximate surface area is 122 Å². The van der Waals surface area contributed by atoms with Crippen LogP contribution in [0.4, 0.5) is 5.69 Å². The highest BCUT2D eigenvalue weighted by Gasteiger charge is 2.20. The SMILES string of the molecule is Cc1ccc2c(N)c(C(=O)N[C@H](CO)C(C)C)sc2c1. The molecule has 4 N–H and O–H groups in total. The molecule has 20 heavy (non-hydrogen) atoms. The van der Waals surface area contributed by atoms with E-state index in [4.69, 9.17) is 5.73 Å². The maximum atomic E-state index is 12.3. The van der Waals surface area contributed by atoms with Crippen LogP contribution in [0.3, 0.4) is 0 Å². The van der Waals surface area contributed by atoms with Crippen LogP contribution < -0.4 is 11.1 Å². The Morgan fingerprint density at radius 3 is 2.75 bits per heavy atom. The molecule has 4 nitrogen and oxygen atoms in total. The first-order valence-electron chi connectivity index (χ1n) is 6.64. The molecular formula is C15H20N2O2S. The molecule has 0 saturated heterocycles. The monoisotopic (exact) mass is 292 g/mol. The minimum Gasteiger partial charge on any atom is -0.397 e. The Kier molecular flexibility index (Phi) is 4.30. The average Bonchev–Trinajstić information content (AvgIpc) is 2.72. The fraction of sp³-hybridized carbons (Fsp3) is 0.400. The maximum absolute atomic E-state index is 12.3. The molecule has 108 valence electrons. The van der Waals surface area contributed by atoms with Gasteiger partial charge in [0.05, 0.1) is 18.3 Å². The number of hydrogen-bond donors (Lipinski definition) is 3. The number of nitrogens with two attached hydrogens (primary N) is 1. The van der Waals surface area contributed by atoms with Crippen molar-refractivity contribution in [1.82, 2.24) is 5.32 Å². The standard InChI is InChI=1S/C15H20N2O2S/c1-8(2)11(7-18)17-15(19)14-13(16)10-5-4-9(3)6-12(10)20-14/h4-6,8,11,18H,7,16H2,1-3H3,(H,17,19)/t11-/m1/s1. The molecule has 0 spiro atoms. The number of carbonyl (C=O) groups is 1. The lowest BCUT2D eigenvalue weighted by molar-refractivity contribution is 0.0902. The van der Waals surface area contributed by atoms with Gasteiger partial charge >= 0.3 is 0 Å². The quantitative estimate of drug-likeness (QED) is 0.810. The van der Waals surface area contributed by atoms with E-state index in [1.807, 2.05) is 39.0 Å². The van der Waals surface area contributed by atoms with E-state index in [1.54, 1.807) is 0 Å². The Morgan fingerprint density at radius 1 is 1.45 bits per heavy atom. The van der Waals surface area contributed by atoms with E-state index in [0.717, 1.165) is 15.6 Å². The van der Waals surface area contributed by atoms with E-state index >= 15 is 0 Å². The minimum absolute atomic E-state index is 0.0761. The normalized spacial score (nSPS) is 12.8. The van der Waals surface area contributed by atoms with Gasteiger partial charge in [-0.2, -0.15) is 0 Å². The van der Waals surface area contributed by atoms with Crippen molar-refractivity contribution in [2.45, 2.75) is 26.8 Å². The molecule has 1 atom stereocenters. The van der Waals surface area contributed by atoms with Crippen molar-refractivity contribution in [3.8, 4) is 0 Å². The largest absolute Gasteiger partial charge is 0.397 e. The van der Waals surface area contributed by atoms with Crippen molar-refractivity contribution in [3.05, 3.63) is 28.6 Å². The predicted octanol–water partition coefficient (Wildman–Crippen LogP) is 2.54. The number of rotatable bonds is 4. The molecule has 2 rings (SSSR count). The van der Waals surface area contributed by atoms with Crippen LogP contribution in [-0.4, -0.2) is 23.7 Å². The summed E-state index contributed by atoms with van der Waals surface area (Å²) in [5.74, 6) is -0.0455. The summed E-state index contributed by atoms with van der Waals surface area (Å²) in [5.41, 5.74) is 7.73. The molecule has 0 aliphatic carbocycles. The summed E-state index contributed by atoms with van der Waals surface area (Å²) < 4.78 is 1.01. The van der Waals surface area contributed by atoms with Crippen molar-refractivity contribution in [2.24, 2.45) is 5.92 Å². The number of thiophene rings is 1. The number of nitrogen functional groups attached to an aromatic ring is 1. The summed E-state index contributed by atoms with van der Waals surface area (Å²) in [4.78, 5) is 12.8. The lowest BCUT2D eigenvalue weighted by Gasteiger charge is -2.19. The molecule has 0 aliphatic heterocycles. The van der Waals surface area contributed by atoms with E-state index in [0.29, 0.717) is 10.6 Å². The fourth-order valence-corrected chi connectivity index (χ4v) is 3.17. The number of aliphatic hydroxyl groups excluding tert-OH is 1. The van der Waals surface area contributed by atoms with Crippen LogP contribution >= 0.6 is 11.3 Å².